The molecule has 4 heteroatoms. The maximum Gasteiger partial charge on any atom is 0.227 e. The Kier molecular flexibility index (Phi) is 5.33. The van der Waals surface area contributed by atoms with Gasteiger partial charge in [-0.3, -0.25) is 9.98 Å². The zero-order valence-electron chi connectivity index (χ0n) is 20.8. The summed E-state index contributed by atoms with van der Waals surface area (Å²) in [6, 6.07) is 16.9. The molecule has 2 aromatic heterocycles. The van der Waals surface area contributed by atoms with Crippen LogP contribution in [-0.2, 0) is 6.42 Å². The van der Waals surface area contributed by atoms with E-state index in [1.807, 2.05) is 6.08 Å². The van der Waals surface area contributed by atoms with Gasteiger partial charge in [-0.2, -0.15) is 0 Å². The molecule has 6 rings (SSSR count). The lowest BCUT2D eigenvalue weighted by Crippen LogP contribution is -2.27. The second-order valence-corrected chi connectivity index (χ2v) is 9.91. The first kappa shape index (κ1) is 22.4. The molecule has 0 spiro atoms. The topological polar surface area (TPSA) is 50.8 Å². The molecule has 0 bridgehead atoms. The van der Waals surface area contributed by atoms with Crippen molar-refractivity contribution < 1.29 is 4.42 Å². The number of aryl methyl sites for hydroxylation is 1. The highest BCUT2D eigenvalue weighted by molar-refractivity contribution is 6.20. The van der Waals surface area contributed by atoms with Crippen LogP contribution >= 0.6 is 0 Å². The summed E-state index contributed by atoms with van der Waals surface area (Å²) in [6.45, 7) is 16.8. The fraction of sp³-hybridized carbons (Fsp3) is 0.219. The van der Waals surface area contributed by atoms with Gasteiger partial charge in [0.1, 0.15) is 5.58 Å². The SMILES string of the molecule is C=CC1=NC2C(=C)N=C(C=C)c3c(ccc4c3oc3nc(C(C)C)ccc34)CCC2c2ccccc21. The van der Waals surface area contributed by atoms with Gasteiger partial charge in [0.2, 0.25) is 5.71 Å². The van der Waals surface area contributed by atoms with E-state index in [9.17, 15) is 0 Å². The Labute approximate surface area is 211 Å². The lowest BCUT2D eigenvalue weighted by Gasteiger charge is -2.31. The van der Waals surface area contributed by atoms with E-state index in [-0.39, 0.29) is 12.0 Å². The van der Waals surface area contributed by atoms with Gasteiger partial charge in [0, 0.05) is 33.5 Å². The fourth-order valence-corrected chi connectivity index (χ4v) is 5.64. The predicted molar refractivity (Wildman–Crippen MR) is 150 cm³/mol. The van der Waals surface area contributed by atoms with Crippen molar-refractivity contribution in [2.45, 2.75) is 44.6 Å². The van der Waals surface area contributed by atoms with Crippen LogP contribution in [0.2, 0.25) is 0 Å². The standard InChI is InChI=1S/C32H29N3O/c1-6-26-22-11-9-8-10-21(22)23-14-12-20-13-15-24-25-16-17-28(18(3)4)35-32(25)36-31(24)29(20)27(7-2)33-19(5)30(23)34-26/h6-11,13,15-18,23,30H,1-2,5,12,14H2,3-4H3. The second kappa shape index (κ2) is 8.56. The van der Waals surface area contributed by atoms with Crippen LogP contribution in [0, 0.1) is 0 Å². The van der Waals surface area contributed by atoms with E-state index in [2.05, 4.69) is 82.1 Å². The van der Waals surface area contributed by atoms with E-state index < -0.39 is 0 Å². The van der Waals surface area contributed by atoms with Crippen LogP contribution in [0.15, 0.2) is 101 Å². The third-order valence-electron chi connectivity index (χ3n) is 7.47. The Bertz CT molecular complexity index is 1630. The van der Waals surface area contributed by atoms with Crippen LogP contribution in [0.1, 0.15) is 60.1 Å². The molecule has 2 aliphatic heterocycles. The van der Waals surface area contributed by atoms with Crippen molar-refractivity contribution in [1.29, 1.82) is 0 Å². The minimum absolute atomic E-state index is 0.154. The number of furan rings is 1. The molecule has 4 aromatic rings. The molecule has 4 nitrogen and oxygen atoms in total. The first-order valence-electron chi connectivity index (χ1n) is 12.5. The van der Waals surface area contributed by atoms with Crippen LogP contribution in [0.4, 0.5) is 0 Å². The van der Waals surface area contributed by atoms with E-state index in [1.165, 1.54) is 11.1 Å². The molecule has 0 saturated carbocycles. The quantitative estimate of drug-likeness (QED) is 0.308. The van der Waals surface area contributed by atoms with Crippen molar-refractivity contribution in [1.82, 2.24) is 4.98 Å². The monoisotopic (exact) mass is 471 g/mol. The first-order chi connectivity index (χ1) is 17.5. The van der Waals surface area contributed by atoms with Gasteiger partial charge in [-0.15, -0.1) is 0 Å². The second-order valence-electron chi connectivity index (χ2n) is 9.91. The normalized spacial score (nSPS) is 19.5. The zero-order valence-corrected chi connectivity index (χ0v) is 20.8. The molecule has 2 aliphatic rings. The molecule has 36 heavy (non-hydrogen) atoms. The number of allylic oxidation sites excluding steroid dienone is 2. The number of hydrogen-bond donors (Lipinski definition) is 0. The van der Waals surface area contributed by atoms with Crippen molar-refractivity contribution in [2.75, 3.05) is 0 Å². The number of rotatable bonds is 3. The maximum absolute atomic E-state index is 6.45. The largest absolute Gasteiger partial charge is 0.437 e. The molecule has 0 radical (unpaired) electrons. The fourth-order valence-electron chi connectivity index (χ4n) is 5.64. The smallest absolute Gasteiger partial charge is 0.227 e. The van der Waals surface area contributed by atoms with E-state index in [0.29, 0.717) is 11.6 Å². The molecule has 0 amide bonds. The summed E-state index contributed by atoms with van der Waals surface area (Å²) in [6.07, 6.45) is 5.42. The third kappa shape index (κ3) is 3.40. The highest BCUT2D eigenvalue weighted by Gasteiger charge is 2.33. The third-order valence-corrected chi connectivity index (χ3v) is 7.47. The van der Waals surface area contributed by atoms with Gasteiger partial charge in [-0.05, 0) is 54.2 Å². The van der Waals surface area contributed by atoms with Gasteiger partial charge in [0.15, 0.2) is 0 Å². The number of nitrogens with zero attached hydrogens (tertiary/aromatic N) is 3. The Morgan fingerprint density at radius 2 is 1.75 bits per heavy atom. The summed E-state index contributed by atoms with van der Waals surface area (Å²) in [5.41, 5.74) is 9.47. The average Bonchev–Trinajstić information content (AvgIpc) is 3.29. The van der Waals surface area contributed by atoms with Gasteiger partial charge in [0.25, 0.3) is 0 Å². The van der Waals surface area contributed by atoms with Crippen molar-refractivity contribution >= 4 is 33.5 Å². The molecule has 0 fully saturated rings. The molecule has 0 N–H and O–H groups in total. The molecule has 0 saturated heterocycles. The molecular formula is C32H29N3O. The maximum atomic E-state index is 6.45. The summed E-state index contributed by atoms with van der Waals surface area (Å²) in [4.78, 5) is 14.9. The van der Waals surface area contributed by atoms with E-state index >= 15 is 0 Å². The number of fused-ring (bicyclic) bond motifs is 8. The average molecular weight is 472 g/mol. The van der Waals surface area contributed by atoms with Crippen molar-refractivity contribution in [2.24, 2.45) is 9.98 Å². The van der Waals surface area contributed by atoms with Crippen LogP contribution in [0.3, 0.4) is 0 Å². The number of pyridine rings is 1. The minimum atomic E-state index is -0.154. The number of hydrogen-bond acceptors (Lipinski definition) is 4. The summed E-state index contributed by atoms with van der Waals surface area (Å²) < 4.78 is 6.45. The zero-order chi connectivity index (χ0) is 25.0. The molecular weight excluding hydrogens is 442 g/mol. The van der Waals surface area contributed by atoms with Gasteiger partial charge >= 0.3 is 0 Å². The summed E-state index contributed by atoms with van der Waals surface area (Å²) in [5.74, 6) is 0.507. The Balaban J connectivity index is 1.57. The van der Waals surface area contributed by atoms with Crippen molar-refractivity contribution in [3.63, 3.8) is 0 Å². The Hall–Kier alpha value is -4.05. The molecule has 4 heterocycles. The van der Waals surface area contributed by atoms with Gasteiger partial charge in [0.05, 0.1) is 23.2 Å². The molecule has 2 aromatic carbocycles. The molecule has 2 unspecified atom stereocenters. The number of aromatic nitrogens is 1. The molecule has 178 valence electrons. The number of benzene rings is 2. The highest BCUT2D eigenvalue weighted by Crippen LogP contribution is 2.41. The molecule has 2 atom stereocenters. The van der Waals surface area contributed by atoms with Gasteiger partial charge < -0.3 is 4.42 Å². The van der Waals surface area contributed by atoms with Crippen molar-refractivity contribution in [3.05, 3.63) is 114 Å². The van der Waals surface area contributed by atoms with Gasteiger partial charge in [-0.25, -0.2) is 4.98 Å². The molecule has 0 aliphatic carbocycles. The summed E-state index contributed by atoms with van der Waals surface area (Å²) in [5, 5.41) is 2.06. The first-order valence-corrected chi connectivity index (χ1v) is 12.5. The highest BCUT2D eigenvalue weighted by atomic mass is 16.3. The number of aliphatic imine (C=N–C) groups is 2. The lowest BCUT2D eigenvalue weighted by atomic mass is 9.79. The van der Waals surface area contributed by atoms with E-state index in [4.69, 9.17) is 19.4 Å². The predicted octanol–water partition coefficient (Wildman–Crippen LogP) is 7.68. The Morgan fingerprint density at radius 3 is 2.53 bits per heavy atom. The Morgan fingerprint density at radius 1 is 0.972 bits per heavy atom. The van der Waals surface area contributed by atoms with Crippen molar-refractivity contribution in [3.8, 4) is 0 Å². The van der Waals surface area contributed by atoms with Crippen LogP contribution < -0.4 is 0 Å². The van der Waals surface area contributed by atoms with Gasteiger partial charge in [-0.1, -0.05) is 70.0 Å². The van der Waals surface area contributed by atoms with Crippen LogP contribution in [0.25, 0.3) is 22.1 Å². The van der Waals surface area contributed by atoms with E-state index in [0.717, 1.165) is 63.1 Å². The van der Waals surface area contributed by atoms with Crippen LogP contribution in [0.5, 0.6) is 0 Å². The van der Waals surface area contributed by atoms with Crippen LogP contribution in [-0.4, -0.2) is 22.4 Å². The van der Waals surface area contributed by atoms with E-state index in [1.54, 1.807) is 6.08 Å². The lowest BCUT2D eigenvalue weighted by molar-refractivity contribution is 0.540. The summed E-state index contributed by atoms with van der Waals surface area (Å²) >= 11 is 0. The summed E-state index contributed by atoms with van der Waals surface area (Å²) in [7, 11) is 0. The minimum Gasteiger partial charge on any atom is -0.437 e.